The Morgan fingerprint density at radius 3 is 2.05 bits per heavy atom. The molecule has 0 radical (unpaired) electrons. The number of rotatable bonds is 7. The van der Waals surface area contributed by atoms with Crippen LogP contribution in [-0.2, 0) is 11.3 Å². The summed E-state index contributed by atoms with van der Waals surface area (Å²) >= 11 is 0. The minimum absolute atomic E-state index is 0.0225. The lowest BCUT2D eigenvalue weighted by Crippen LogP contribution is -2.15. The highest BCUT2D eigenvalue weighted by atomic mass is 19.3. The minimum atomic E-state index is -3.12. The number of ether oxygens (including phenoxy) is 1. The van der Waals surface area contributed by atoms with E-state index in [1.54, 1.807) is 0 Å². The van der Waals surface area contributed by atoms with Crippen molar-refractivity contribution in [3.05, 3.63) is 83.6 Å². The molecule has 0 unspecified atom stereocenters. The van der Waals surface area contributed by atoms with Gasteiger partial charge < -0.3 is 19.8 Å². The van der Waals surface area contributed by atoms with Crippen LogP contribution in [0.5, 0.6) is 5.75 Å². The molecule has 0 fully saturated rings. The molecule has 3 aromatic carbocycles. The van der Waals surface area contributed by atoms with Gasteiger partial charge in [-0.2, -0.15) is 0 Å². The van der Waals surface area contributed by atoms with E-state index < -0.39 is 11.8 Å². The Hall–Kier alpha value is -4.20. The summed E-state index contributed by atoms with van der Waals surface area (Å²) in [5, 5.41) is 5.74. The number of methoxy groups -OCH3 is 1. The van der Waals surface area contributed by atoms with Crippen molar-refractivity contribution < 1.29 is 22.7 Å². The summed E-state index contributed by atoms with van der Waals surface area (Å²) in [5.74, 6) is -2.98. The third-order valence-corrected chi connectivity index (χ3v) is 6.18. The summed E-state index contributed by atoms with van der Waals surface area (Å²) in [7, 11) is 3.18. The van der Waals surface area contributed by atoms with Crippen LogP contribution in [0.25, 0.3) is 22.8 Å². The molecular weight excluding hydrogens is 488 g/mol. The summed E-state index contributed by atoms with van der Waals surface area (Å²) in [6.45, 7) is 7.16. The number of nitrogens with one attached hydrogen (secondary N) is 2. The van der Waals surface area contributed by atoms with Gasteiger partial charge >= 0.3 is 0 Å². The number of benzene rings is 3. The van der Waals surface area contributed by atoms with Gasteiger partial charge in [-0.1, -0.05) is 32.9 Å². The fourth-order valence-corrected chi connectivity index (χ4v) is 3.93. The number of amides is 1. The first kappa shape index (κ1) is 26.9. The highest BCUT2D eigenvalue weighted by molar-refractivity contribution is 6.07. The third kappa shape index (κ3) is 5.85. The van der Waals surface area contributed by atoms with Gasteiger partial charge in [0.1, 0.15) is 5.75 Å². The predicted molar refractivity (Wildman–Crippen MR) is 146 cm³/mol. The molecule has 8 heteroatoms. The third-order valence-electron chi connectivity index (χ3n) is 6.18. The standard InChI is InChI=1S/C30H31F2N3O3/c1-29(2,3)20-11-7-19(8-12-20)28-35-25(26(38-28)18-9-13-22(33-5)14-10-18)27(36)34-23-15-21(30(4,31)32)16-24(17-23)37-6/h7-17,33H,1-6H3,(H,34,36). The van der Waals surface area contributed by atoms with Crippen molar-refractivity contribution in [1.29, 1.82) is 0 Å². The molecule has 1 amide bonds. The number of halogens is 2. The van der Waals surface area contributed by atoms with Gasteiger partial charge in [0.05, 0.1) is 7.11 Å². The molecule has 6 nitrogen and oxygen atoms in total. The molecule has 1 aromatic heterocycles. The quantitative estimate of drug-likeness (QED) is 0.261. The highest BCUT2D eigenvalue weighted by Gasteiger charge is 2.27. The molecule has 38 heavy (non-hydrogen) atoms. The van der Waals surface area contributed by atoms with E-state index in [4.69, 9.17) is 9.15 Å². The summed E-state index contributed by atoms with van der Waals surface area (Å²) in [5.41, 5.74) is 3.27. The van der Waals surface area contributed by atoms with Crippen LogP contribution >= 0.6 is 0 Å². The number of anilines is 2. The van der Waals surface area contributed by atoms with Crippen molar-refractivity contribution in [2.75, 3.05) is 24.8 Å². The van der Waals surface area contributed by atoms with Gasteiger partial charge in [0.2, 0.25) is 5.89 Å². The number of aromatic nitrogens is 1. The van der Waals surface area contributed by atoms with Crippen molar-refractivity contribution in [2.24, 2.45) is 0 Å². The van der Waals surface area contributed by atoms with Crippen LogP contribution in [0, 0.1) is 0 Å². The molecular formula is C30H31F2N3O3. The Morgan fingerprint density at radius 1 is 0.868 bits per heavy atom. The topological polar surface area (TPSA) is 76.4 Å². The van der Waals surface area contributed by atoms with Crippen molar-refractivity contribution in [3.63, 3.8) is 0 Å². The van der Waals surface area contributed by atoms with Crippen LogP contribution in [0.15, 0.2) is 71.1 Å². The average Bonchev–Trinajstić information content (AvgIpc) is 3.33. The van der Waals surface area contributed by atoms with E-state index in [0.717, 1.165) is 18.2 Å². The first-order chi connectivity index (χ1) is 17.9. The summed E-state index contributed by atoms with van der Waals surface area (Å²) in [6, 6.07) is 19.1. The van der Waals surface area contributed by atoms with Crippen molar-refractivity contribution in [2.45, 2.75) is 39.0 Å². The molecule has 0 saturated carbocycles. The van der Waals surface area contributed by atoms with Gasteiger partial charge in [0, 0.05) is 48.1 Å². The van der Waals surface area contributed by atoms with Crippen LogP contribution in [0.1, 0.15) is 49.3 Å². The number of hydrogen-bond acceptors (Lipinski definition) is 5. The molecule has 0 spiro atoms. The first-order valence-electron chi connectivity index (χ1n) is 12.2. The predicted octanol–water partition coefficient (Wildman–Crippen LogP) is 7.72. The zero-order valence-corrected chi connectivity index (χ0v) is 22.3. The first-order valence-corrected chi connectivity index (χ1v) is 12.2. The molecule has 198 valence electrons. The normalized spacial score (nSPS) is 11.8. The lowest BCUT2D eigenvalue weighted by molar-refractivity contribution is 0.0173. The Bertz CT molecular complexity index is 1430. The molecule has 0 aliphatic carbocycles. The van der Waals surface area contributed by atoms with Crippen molar-refractivity contribution in [3.8, 4) is 28.5 Å². The number of nitrogens with zero attached hydrogens (tertiary/aromatic N) is 1. The maximum atomic E-state index is 14.1. The van der Waals surface area contributed by atoms with E-state index in [0.29, 0.717) is 11.1 Å². The zero-order chi connectivity index (χ0) is 27.7. The van der Waals surface area contributed by atoms with E-state index >= 15 is 0 Å². The van der Waals surface area contributed by atoms with Gasteiger partial charge in [-0.05, 0) is 59.5 Å². The van der Waals surface area contributed by atoms with E-state index in [9.17, 15) is 13.6 Å². The molecule has 4 aromatic rings. The van der Waals surface area contributed by atoms with E-state index in [-0.39, 0.29) is 39.8 Å². The second-order valence-corrected chi connectivity index (χ2v) is 10.1. The van der Waals surface area contributed by atoms with Crippen LogP contribution in [0.4, 0.5) is 20.2 Å². The summed E-state index contributed by atoms with van der Waals surface area (Å²) in [6.07, 6.45) is 0. The van der Waals surface area contributed by atoms with Crippen LogP contribution in [-0.4, -0.2) is 25.0 Å². The van der Waals surface area contributed by atoms with Gasteiger partial charge in [0.15, 0.2) is 11.5 Å². The number of carbonyl (C=O) groups excluding carboxylic acids is 1. The maximum Gasteiger partial charge on any atom is 0.278 e. The van der Waals surface area contributed by atoms with Crippen LogP contribution in [0.2, 0.25) is 0 Å². The monoisotopic (exact) mass is 519 g/mol. The molecule has 0 atom stereocenters. The molecule has 0 aliphatic rings. The number of alkyl halides is 2. The number of hydrogen-bond donors (Lipinski definition) is 2. The van der Waals surface area contributed by atoms with E-state index in [1.807, 2.05) is 55.6 Å². The highest BCUT2D eigenvalue weighted by Crippen LogP contribution is 2.35. The van der Waals surface area contributed by atoms with Crippen molar-refractivity contribution in [1.82, 2.24) is 4.98 Å². The Labute approximate surface area is 221 Å². The molecule has 0 bridgehead atoms. The average molecular weight is 520 g/mol. The SMILES string of the molecule is CNc1ccc(-c2oc(-c3ccc(C(C)(C)C)cc3)nc2C(=O)Nc2cc(OC)cc(C(C)(F)F)c2)cc1. The minimum Gasteiger partial charge on any atom is -0.497 e. The van der Waals surface area contributed by atoms with Crippen LogP contribution in [0.3, 0.4) is 0 Å². The van der Waals surface area contributed by atoms with Crippen LogP contribution < -0.4 is 15.4 Å². The summed E-state index contributed by atoms with van der Waals surface area (Å²) in [4.78, 5) is 18.0. The second kappa shape index (κ2) is 10.3. The molecule has 1 heterocycles. The van der Waals surface area contributed by atoms with E-state index in [2.05, 4.69) is 36.4 Å². The number of carbonyl (C=O) groups is 1. The molecule has 0 aliphatic heterocycles. The lowest BCUT2D eigenvalue weighted by atomic mass is 9.87. The van der Waals surface area contributed by atoms with Gasteiger partial charge in [-0.3, -0.25) is 4.79 Å². The second-order valence-electron chi connectivity index (χ2n) is 10.1. The molecule has 0 saturated heterocycles. The van der Waals surface area contributed by atoms with Gasteiger partial charge in [-0.25, -0.2) is 13.8 Å². The Morgan fingerprint density at radius 2 is 1.50 bits per heavy atom. The fraction of sp³-hybridized carbons (Fsp3) is 0.267. The fourth-order valence-electron chi connectivity index (χ4n) is 3.93. The summed E-state index contributed by atoms with van der Waals surface area (Å²) < 4.78 is 39.4. The number of oxazole rings is 1. The zero-order valence-electron chi connectivity index (χ0n) is 22.3. The molecule has 2 N–H and O–H groups in total. The maximum absolute atomic E-state index is 14.1. The van der Waals surface area contributed by atoms with Gasteiger partial charge in [0.25, 0.3) is 11.8 Å². The lowest BCUT2D eigenvalue weighted by Gasteiger charge is -2.18. The Kier molecular flexibility index (Phi) is 7.26. The largest absolute Gasteiger partial charge is 0.497 e. The van der Waals surface area contributed by atoms with E-state index in [1.165, 1.54) is 25.3 Å². The van der Waals surface area contributed by atoms with Gasteiger partial charge in [-0.15, -0.1) is 0 Å². The Balaban J connectivity index is 1.76. The molecule has 4 rings (SSSR count). The van der Waals surface area contributed by atoms with Crippen molar-refractivity contribution >= 4 is 17.3 Å². The smallest absolute Gasteiger partial charge is 0.278 e.